The van der Waals surface area contributed by atoms with Crippen LogP contribution >= 0.6 is 0 Å². The Morgan fingerprint density at radius 3 is 2.30 bits per heavy atom. The minimum Gasteiger partial charge on any atom is -0.455 e. The molecule has 2 fully saturated rings. The Kier molecular flexibility index (Phi) is 7.17. The predicted octanol–water partition coefficient (Wildman–Crippen LogP) is 4.23. The van der Waals surface area contributed by atoms with Crippen molar-refractivity contribution in [1.82, 2.24) is 0 Å². The molecule has 188 valence electrons. The van der Waals surface area contributed by atoms with E-state index >= 15 is 0 Å². The number of hydrogen-bond donors (Lipinski definition) is 2. The number of hydrogen-bond acceptors (Lipinski definition) is 6. The molecule has 0 aromatic heterocycles. The second-order valence-corrected chi connectivity index (χ2v) is 12.1. The van der Waals surface area contributed by atoms with E-state index in [0.717, 1.165) is 36.8 Å². The molecule has 0 aromatic rings. The van der Waals surface area contributed by atoms with E-state index in [1.54, 1.807) is 13.8 Å². The van der Waals surface area contributed by atoms with Gasteiger partial charge in [0.2, 0.25) is 6.29 Å². The average molecular weight is 493 g/mol. The molecular weight excluding hydrogens is 458 g/mol. The van der Waals surface area contributed by atoms with Gasteiger partial charge in [-0.3, -0.25) is 9.35 Å². The fraction of sp³-hybridized carbons (Fsp3) is 0.783. The Morgan fingerprint density at radius 1 is 1.18 bits per heavy atom. The van der Waals surface area contributed by atoms with E-state index < -0.39 is 39.3 Å². The van der Waals surface area contributed by atoms with Crippen LogP contribution in [0.3, 0.4) is 0 Å². The van der Waals surface area contributed by atoms with Crippen molar-refractivity contribution in [1.29, 1.82) is 0 Å². The number of carbonyl (C=O) groups is 1. The molecule has 0 aliphatic heterocycles. The Morgan fingerprint density at radius 2 is 1.76 bits per heavy atom. The van der Waals surface area contributed by atoms with Crippen molar-refractivity contribution in [2.75, 3.05) is 6.61 Å². The molecule has 2 N–H and O–H groups in total. The quantitative estimate of drug-likeness (QED) is 0.296. The zero-order valence-electron chi connectivity index (χ0n) is 19.5. The number of halogens is 2. The molecule has 0 radical (unpaired) electrons. The van der Waals surface area contributed by atoms with Gasteiger partial charge in [-0.1, -0.05) is 26.8 Å². The molecule has 3 atom stereocenters. The van der Waals surface area contributed by atoms with Crippen LogP contribution in [0.15, 0.2) is 23.3 Å². The number of allylic oxidation sites excluding steroid dienone is 2. The molecule has 0 spiro atoms. The molecule has 10 heteroatoms. The van der Waals surface area contributed by atoms with Crippen molar-refractivity contribution < 1.29 is 41.1 Å². The van der Waals surface area contributed by atoms with Gasteiger partial charge in [0.05, 0.1) is 12.5 Å². The van der Waals surface area contributed by atoms with Crippen LogP contribution in [0.25, 0.3) is 0 Å². The highest BCUT2D eigenvalue weighted by Gasteiger charge is 2.53. The Balaban J connectivity index is 1.67. The molecule has 0 bridgehead atoms. The van der Waals surface area contributed by atoms with Gasteiger partial charge in [-0.05, 0) is 68.1 Å². The van der Waals surface area contributed by atoms with Crippen LogP contribution in [0.5, 0.6) is 0 Å². The van der Waals surface area contributed by atoms with Gasteiger partial charge in [0, 0.05) is 11.8 Å². The highest BCUT2D eigenvalue weighted by atomic mass is 32.2. The molecule has 33 heavy (non-hydrogen) atoms. The molecule has 0 heterocycles. The SMILES string of the molecule is CC(C)C1CCC(C(=O)OC2(C)C=C3CC3=CC(C)(COC(O)C(F)(F)S(=O)(=O)O)C2)CC1. The largest absolute Gasteiger partial charge is 0.455 e. The molecule has 2 saturated carbocycles. The van der Waals surface area contributed by atoms with E-state index in [4.69, 9.17) is 14.0 Å². The smallest absolute Gasteiger partial charge is 0.418 e. The summed E-state index contributed by atoms with van der Waals surface area (Å²) < 4.78 is 68.5. The molecule has 0 saturated heterocycles. The van der Waals surface area contributed by atoms with E-state index in [1.165, 1.54) is 0 Å². The molecule has 3 aliphatic rings. The summed E-state index contributed by atoms with van der Waals surface area (Å²) in [5, 5.41) is 4.71. The fourth-order valence-electron chi connectivity index (χ4n) is 5.13. The van der Waals surface area contributed by atoms with Crippen molar-refractivity contribution in [2.24, 2.45) is 23.2 Å². The highest BCUT2D eigenvalue weighted by Crippen LogP contribution is 2.49. The van der Waals surface area contributed by atoms with Crippen molar-refractivity contribution in [3.8, 4) is 0 Å². The van der Waals surface area contributed by atoms with Crippen LogP contribution in [0.1, 0.15) is 66.2 Å². The average Bonchev–Trinajstić information content (AvgIpc) is 3.41. The fourth-order valence-corrected chi connectivity index (χ4v) is 5.45. The lowest BCUT2D eigenvalue weighted by atomic mass is 9.76. The van der Waals surface area contributed by atoms with Gasteiger partial charge in [0.25, 0.3) is 0 Å². The second kappa shape index (κ2) is 9.02. The number of aliphatic hydroxyl groups excluding tert-OH is 1. The number of aliphatic hydroxyl groups is 1. The predicted molar refractivity (Wildman–Crippen MR) is 117 cm³/mol. The summed E-state index contributed by atoms with van der Waals surface area (Å²) in [5.74, 6) is 0.732. The van der Waals surface area contributed by atoms with E-state index in [-0.39, 0.29) is 18.3 Å². The monoisotopic (exact) mass is 492 g/mol. The number of carbonyl (C=O) groups excluding carboxylic acids is 1. The molecule has 7 nitrogen and oxygen atoms in total. The second-order valence-electron chi connectivity index (χ2n) is 10.6. The van der Waals surface area contributed by atoms with Gasteiger partial charge >= 0.3 is 21.3 Å². The Bertz CT molecular complexity index is 934. The van der Waals surface area contributed by atoms with E-state index in [0.29, 0.717) is 18.3 Å². The molecule has 0 aromatic carbocycles. The molecule has 3 aliphatic carbocycles. The maximum atomic E-state index is 13.7. The maximum Gasteiger partial charge on any atom is 0.418 e. The topological polar surface area (TPSA) is 110 Å². The molecule has 0 amide bonds. The summed E-state index contributed by atoms with van der Waals surface area (Å²) in [4.78, 5) is 13.0. The van der Waals surface area contributed by atoms with Gasteiger partial charge in [0.15, 0.2) is 0 Å². The first-order valence-electron chi connectivity index (χ1n) is 11.4. The summed E-state index contributed by atoms with van der Waals surface area (Å²) >= 11 is 0. The van der Waals surface area contributed by atoms with Crippen LogP contribution in [-0.2, 0) is 24.4 Å². The summed E-state index contributed by atoms with van der Waals surface area (Å²) in [6.07, 6.45) is 5.04. The first kappa shape index (κ1) is 26.2. The van der Waals surface area contributed by atoms with Crippen molar-refractivity contribution in [2.45, 2.75) is 83.4 Å². The maximum absolute atomic E-state index is 13.7. The van der Waals surface area contributed by atoms with E-state index in [1.807, 2.05) is 12.2 Å². The lowest BCUT2D eigenvalue weighted by Gasteiger charge is -2.37. The van der Waals surface area contributed by atoms with Crippen LogP contribution < -0.4 is 0 Å². The number of rotatable bonds is 8. The molecular formula is C23H34F2O7S. The number of alkyl halides is 2. The first-order chi connectivity index (χ1) is 15.1. The van der Waals surface area contributed by atoms with Gasteiger partial charge in [-0.2, -0.15) is 17.2 Å². The third kappa shape index (κ3) is 6.01. The Hall–Kier alpha value is -1.36. The third-order valence-corrected chi connectivity index (χ3v) is 7.90. The normalized spacial score (nSPS) is 33.5. The minimum absolute atomic E-state index is 0.178. The number of esters is 1. The number of fused-ring (bicyclic) bond motifs is 1. The number of ether oxygens (including phenoxy) is 2. The molecule has 3 rings (SSSR count). The van der Waals surface area contributed by atoms with Crippen molar-refractivity contribution in [3.05, 3.63) is 23.3 Å². The van der Waals surface area contributed by atoms with Crippen molar-refractivity contribution in [3.63, 3.8) is 0 Å². The Labute approximate surface area is 194 Å². The summed E-state index contributed by atoms with van der Waals surface area (Å²) in [6.45, 7) is 7.38. The lowest BCUT2D eigenvalue weighted by molar-refractivity contribution is -0.209. The highest BCUT2D eigenvalue weighted by molar-refractivity contribution is 7.86. The van der Waals surface area contributed by atoms with E-state index in [2.05, 4.69) is 13.8 Å². The van der Waals surface area contributed by atoms with Crippen LogP contribution in [-0.4, -0.2) is 47.8 Å². The third-order valence-electron chi connectivity index (χ3n) is 7.01. The summed E-state index contributed by atoms with van der Waals surface area (Å²) in [5.41, 5.74) is 0.0331. The van der Waals surface area contributed by atoms with E-state index in [9.17, 15) is 27.1 Å². The van der Waals surface area contributed by atoms with Crippen LogP contribution in [0, 0.1) is 23.2 Å². The van der Waals surface area contributed by atoms with Gasteiger partial charge in [0.1, 0.15) is 5.60 Å². The zero-order chi connectivity index (χ0) is 24.8. The minimum atomic E-state index is -5.85. The van der Waals surface area contributed by atoms with Gasteiger partial charge in [-0.25, -0.2) is 0 Å². The standard InChI is InChI=1S/C23H34F2O7S/c1-14(2)15-5-7-16(8-6-15)19(26)32-22(4)11-18-9-17(18)10-21(3,12-22)13-31-20(27)23(24,25)33(28,29)30/h10-11,14-16,20,27H,5-9,12-13H2,1-4H3,(H,28,29,30). The van der Waals surface area contributed by atoms with Crippen LogP contribution in [0.2, 0.25) is 0 Å². The first-order valence-corrected chi connectivity index (χ1v) is 12.8. The lowest BCUT2D eigenvalue weighted by Crippen LogP contribution is -2.45. The van der Waals surface area contributed by atoms with Crippen molar-refractivity contribution >= 4 is 16.1 Å². The zero-order valence-corrected chi connectivity index (χ0v) is 20.3. The van der Waals surface area contributed by atoms with Gasteiger partial charge in [-0.15, -0.1) is 0 Å². The summed E-state index contributed by atoms with van der Waals surface area (Å²) in [7, 11) is -5.85. The summed E-state index contributed by atoms with van der Waals surface area (Å²) in [6, 6.07) is 0. The van der Waals surface area contributed by atoms with Gasteiger partial charge < -0.3 is 14.6 Å². The molecule has 3 unspecified atom stereocenters. The van der Waals surface area contributed by atoms with Crippen LogP contribution in [0.4, 0.5) is 8.78 Å².